The Kier molecular flexibility index (Phi) is 7.27. The van der Waals surface area contributed by atoms with Gasteiger partial charge in [0.1, 0.15) is 4.21 Å². The van der Waals surface area contributed by atoms with Crippen molar-refractivity contribution < 1.29 is 13.2 Å². The molecule has 2 aromatic rings. The highest BCUT2D eigenvalue weighted by molar-refractivity contribution is 7.91. The van der Waals surface area contributed by atoms with Crippen molar-refractivity contribution in [1.82, 2.24) is 9.21 Å². The monoisotopic (exact) mass is 474 g/mol. The fourth-order valence-corrected chi connectivity index (χ4v) is 6.63. The standard InChI is InChI=1S/C20H24Cl2N2O3S2/c1-14(2)24(13-15-5-7-17(21)18(22)11-15)19(25)12-16-6-8-20(28-16)29(26,27)23-9-3-4-10-23/h5-8,11,14H,3-4,9-10,12-13H2,1-2H3. The molecule has 5 nitrogen and oxygen atoms in total. The minimum atomic E-state index is -3.45. The molecule has 1 saturated heterocycles. The first-order valence-electron chi connectivity index (χ1n) is 9.50. The second kappa shape index (κ2) is 9.35. The Hall–Kier alpha value is -1.12. The van der Waals surface area contributed by atoms with Crippen LogP contribution in [0.1, 0.15) is 37.1 Å². The van der Waals surface area contributed by atoms with Gasteiger partial charge in [-0.15, -0.1) is 11.3 Å². The molecule has 0 unspecified atom stereocenters. The summed E-state index contributed by atoms with van der Waals surface area (Å²) in [4.78, 5) is 15.4. The largest absolute Gasteiger partial charge is 0.336 e. The third-order valence-electron chi connectivity index (χ3n) is 4.90. The van der Waals surface area contributed by atoms with Crippen molar-refractivity contribution >= 4 is 50.5 Å². The fourth-order valence-electron chi connectivity index (χ4n) is 3.29. The van der Waals surface area contributed by atoms with E-state index >= 15 is 0 Å². The van der Waals surface area contributed by atoms with Gasteiger partial charge in [-0.05, 0) is 56.5 Å². The predicted octanol–water partition coefficient (Wildman–Crippen LogP) is 4.82. The predicted molar refractivity (Wildman–Crippen MR) is 118 cm³/mol. The minimum absolute atomic E-state index is 0.00952. The lowest BCUT2D eigenvalue weighted by Gasteiger charge is -2.27. The maximum Gasteiger partial charge on any atom is 0.252 e. The number of carbonyl (C=O) groups excluding carboxylic acids is 1. The quantitative estimate of drug-likeness (QED) is 0.577. The maximum absolute atomic E-state index is 12.9. The van der Waals surface area contributed by atoms with Gasteiger partial charge in [-0.25, -0.2) is 8.42 Å². The molecular weight excluding hydrogens is 451 g/mol. The van der Waals surface area contributed by atoms with Crippen LogP contribution in [0.2, 0.25) is 10.0 Å². The van der Waals surface area contributed by atoms with Crippen molar-refractivity contribution in [3.8, 4) is 0 Å². The number of thiophene rings is 1. The first-order chi connectivity index (χ1) is 13.7. The van der Waals surface area contributed by atoms with E-state index in [1.54, 1.807) is 29.2 Å². The van der Waals surface area contributed by atoms with Crippen molar-refractivity contribution in [3.05, 3.63) is 50.8 Å². The number of nitrogens with zero attached hydrogens (tertiary/aromatic N) is 2. The summed E-state index contributed by atoms with van der Waals surface area (Å²) in [6, 6.07) is 8.67. The van der Waals surface area contributed by atoms with Crippen LogP contribution < -0.4 is 0 Å². The van der Waals surface area contributed by atoms with E-state index in [1.807, 2.05) is 19.9 Å². The summed E-state index contributed by atoms with van der Waals surface area (Å²) >= 11 is 13.2. The normalized spacial score (nSPS) is 15.2. The van der Waals surface area contributed by atoms with Crippen LogP contribution in [0, 0.1) is 0 Å². The van der Waals surface area contributed by atoms with Crippen LogP contribution in [0.3, 0.4) is 0 Å². The van der Waals surface area contributed by atoms with Crippen LogP contribution in [0.25, 0.3) is 0 Å². The van der Waals surface area contributed by atoms with E-state index in [4.69, 9.17) is 23.2 Å². The smallest absolute Gasteiger partial charge is 0.252 e. The third-order valence-corrected chi connectivity index (χ3v) is 9.09. The van der Waals surface area contributed by atoms with Crippen molar-refractivity contribution in [2.75, 3.05) is 13.1 Å². The molecule has 1 amide bonds. The summed E-state index contributed by atoms with van der Waals surface area (Å²) in [5, 5.41) is 0.929. The average Bonchev–Trinajstić information content (AvgIpc) is 3.34. The zero-order chi connectivity index (χ0) is 21.2. The molecule has 0 N–H and O–H groups in total. The van der Waals surface area contributed by atoms with Gasteiger partial charge in [-0.3, -0.25) is 4.79 Å². The zero-order valence-electron chi connectivity index (χ0n) is 16.4. The molecule has 1 aromatic heterocycles. The Bertz CT molecular complexity index is 983. The Morgan fingerprint density at radius 2 is 1.83 bits per heavy atom. The number of hydrogen-bond donors (Lipinski definition) is 0. The number of carbonyl (C=O) groups is 1. The van der Waals surface area contributed by atoms with Crippen LogP contribution in [-0.4, -0.2) is 42.7 Å². The van der Waals surface area contributed by atoms with E-state index in [2.05, 4.69) is 0 Å². The first-order valence-corrected chi connectivity index (χ1v) is 12.5. The molecule has 158 valence electrons. The van der Waals surface area contributed by atoms with Gasteiger partial charge < -0.3 is 4.90 Å². The summed E-state index contributed by atoms with van der Waals surface area (Å²) in [6.07, 6.45) is 1.96. The van der Waals surface area contributed by atoms with Crippen LogP contribution in [0.15, 0.2) is 34.5 Å². The van der Waals surface area contributed by atoms with E-state index < -0.39 is 10.0 Å². The molecule has 1 aliphatic heterocycles. The van der Waals surface area contributed by atoms with Crippen LogP contribution in [0.4, 0.5) is 0 Å². The molecule has 0 radical (unpaired) electrons. The molecule has 9 heteroatoms. The van der Waals surface area contributed by atoms with Gasteiger partial charge in [0.2, 0.25) is 5.91 Å². The Balaban J connectivity index is 1.72. The van der Waals surface area contributed by atoms with Crippen molar-refractivity contribution in [3.63, 3.8) is 0 Å². The topological polar surface area (TPSA) is 57.7 Å². The summed E-state index contributed by atoms with van der Waals surface area (Å²) in [5.74, 6) is -0.0574. The molecule has 0 bridgehead atoms. The average molecular weight is 475 g/mol. The van der Waals surface area contributed by atoms with E-state index in [-0.39, 0.29) is 18.4 Å². The van der Waals surface area contributed by atoms with Gasteiger partial charge in [0.15, 0.2) is 0 Å². The second-order valence-corrected chi connectivity index (χ2v) is 11.5. The molecule has 1 aromatic carbocycles. The summed E-state index contributed by atoms with van der Waals surface area (Å²) in [7, 11) is -3.45. The van der Waals surface area contributed by atoms with E-state index in [9.17, 15) is 13.2 Å². The summed E-state index contributed by atoms with van der Waals surface area (Å²) in [6.45, 7) is 5.45. The Morgan fingerprint density at radius 1 is 1.14 bits per heavy atom. The molecule has 0 saturated carbocycles. The molecule has 2 heterocycles. The number of halogens is 2. The van der Waals surface area contributed by atoms with Crippen LogP contribution >= 0.6 is 34.5 Å². The number of sulfonamides is 1. The molecule has 0 aliphatic carbocycles. The highest BCUT2D eigenvalue weighted by Gasteiger charge is 2.29. The lowest BCUT2D eigenvalue weighted by molar-refractivity contribution is -0.132. The summed E-state index contributed by atoms with van der Waals surface area (Å²) < 4.78 is 27.2. The van der Waals surface area contributed by atoms with Gasteiger partial charge in [0, 0.05) is 30.6 Å². The van der Waals surface area contributed by atoms with Gasteiger partial charge in [0.25, 0.3) is 10.0 Å². The molecule has 29 heavy (non-hydrogen) atoms. The van der Waals surface area contributed by atoms with Gasteiger partial charge in [-0.2, -0.15) is 4.31 Å². The lowest BCUT2D eigenvalue weighted by Crippen LogP contribution is -2.37. The van der Waals surface area contributed by atoms with Gasteiger partial charge in [0.05, 0.1) is 16.5 Å². The molecule has 0 spiro atoms. The van der Waals surface area contributed by atoms with Gasteiger partial charge >= 0.3 is 0 Å². The molecule has 1 fully saturated rings. The van der Waals surface area contributed by atoms with E-state index in [0.29, 0.717) is 33.9 Å². The number of benzene rings is 1. The van der Waals surface area contributed by atoms with Crippen LogP contribution in [-0.2, 0) is 27.8 Å². The number of amides is 1. The summed E-state index contributed by atoms with van der Waals surface area (Å²) in [5.41, 5.74) is 0.893. The Morgan fingerprint density at radius 3 is 2.45 bits per heavy atom. The van der Waals surface area contributed by atoms with Crippen LogP contribution in [0.5, 0.6) is 0 Å². The van der Waals surface area contributed by atoms with Crippen molar-refractivity contribution in [1.29, 1.82) is 0 Å². The lowest BCUT2D eigenvalue weighted by atomic mass is 10.1. The number of rotatable bonds is 7. The van der Waals surface area contributed by atoms with Crippen molar-refractivity contribution in [2.45, 2.75) is 49.9 Å². The van der Waals surface area contributed by atoms with Gasteiger partial charge in [-0.1, -0.05) is 29.3 Å². The SMILES string of the molecule is CC(C)N(Cc1ccc(Cl)c(Cl)c1)C(=O)Cc1ccc(S(=O)(=O)N2CCCC2)s1. The molecule has 3 rings (SSSR count). The van der Waals surface area contributed by atoms with E-state index in [0.717, 1.165) is 23.3 Å². The Labute approximate surface area is 186 Å². The molecule has 1 aliphatic rings. The zero-order valence-corrected chi connectivity index (χ0v) is 19.5. The first kappa shape index (κ1) is 22.6. The highest BCUT2D eigenvalue weighted by atomic mass is 35.5. The second-order valence-electron chi connectivity index (χ2n) is 7.37. The highest BCUT2D eigenvalue weighted by Crippen LogP contribution is 2.28. The molecule has 0 atom stereocenters. The van der Waals surface area contributed by atoms with E-state index in [1.165, 1.54) is 15.6 Å². The number of hydrogen-bond acceptors (Lipinski definition) is 4. The van der Waals surface area contributed by atoms with Crippen molar-refractivity contribution in [2.24, 2.45) is 0 Å². The molecular formula is C20H24Cl2N2O3S2. The fraction of sp³-hybridized carbons (Fsp3) is 0.450. The maximum atomic E-state index is 12.9. The minimum Gasteiger partial charge on any atom is -0.336 e. The third kappa shape index (κ3) is 5.33.